The molecule has 0 bridgehead atoms. The summed E-state index contributed by atoms with van der Waals surface area (Å²) >= 11 is 11.4. The van der Waals surface area contributed by atoms with Gasteiger partial charge in [-0.05, 0) is 34.2 Å². The molecule has 0 atom stereocenters. The van der Waals surface area contributed by atoms with Gasteiger partial charge in [0.25, 0.3) is 0 Å². The first-order valence-electron chi connectivity index (χ1n) is 4.91. The van der Waals surface area contributed by atoms with Gasteiger partial charge in [-0.15, -0.1) is 0 Å². The highest BCUT2D eigenvalue weighted by molar-refractivity contribution is 9.10. The zero-order chi connectivity index (χ0) is 10.7. The number of pyridine rings is 1. The van der Waals surface area contributed by atoms with Gasteiger partial charge in [-0.1, -0.05) is 11.6 Å². The molecule has 2 nitrogen and oxygen atoms in total. The van der Waals surface area contributed by atoms with Gasteiger partial charge in [0.2, 0.25) is 0 Å². The molecule has 1 aliphatic rings. The van der Waals surface area contributed by atoms with Crippen LogP contribution in [0.1, 0.15) is 6.42 Å². The highest BCUT2D eigenvalue weighted by atomic mass is 79.9. The predicted octanol–water partition coefficient (Wildman–Crippen LogP) is 3.44. The number of hydrogen-bond acceptors (Lipinski definition) is 3. The molecule has 0 spiro atoms. The van der Waals surface area contributed by atoms with Crippen molar-refractivity contribution in [3.05, 3.63) is 21.8 Å². The third-order valence-corrected chi connectivity index (χ3v) is 4.15. The highest BCUT2D eigenvalue weighted by Crippen LogP contribution is 2.27. The summed E-state index contributed by atoms with van der Waals surface area (Å²) < 4.78 is 0.988. The Balaban J connectivity index is 2.19. The molecule has 0 radical (unpaired) electrons. The van der Waals surface area contributed by atoms with Crippen LogP contribution >= 0.6 is 39.3 Å². The van der Waals surface area contributed by atoms with Gasteiger partial charge < -0.3 is 4.90 Å². The lowest BCUT2D eigenvalue weighted by Gasteiger charge is -2.22. The SMILES string of the molecule is Clc1cnc(N2CCCSCC2)c(Br)c1. The van der Waals surface area contributed by atoms with Crippen LogP contribution in [-0.4, -0.2) is 29.6 Å². The van der Waals surface area contributed by atoms with Crippen molar-refractivity contribution in [3.8, 4) is 0 Å². The molecule has 0 aliphatic carbocycles. The van der Waals surface area contributed by atoms with Crippen molar-refractivity contribution >= 4 is 45.1 Å². The fraction of sp³-hybridized carbons (Fsp3) is 0.500. The topological polar surface area (TPSA) is 16.1 Å². The number of nitrogens with zero attached hydrogens (tertiary/aromatic N) is 2. The van der Waals surface area contributed by atoms with Crippen molar-refractivity contribution in [2.75, 3.05) is 29.5 Å². The fourth-order valence-corrected chi connectivity index (χ4v) is 3.37. The van der Waals surface area contributed by atoms with Crippen LogP contribution in [0.4, 0.5) is 5.82 Å². The second-order valence-corrected chi connectivity index (χ2v) is 5.93. The van der Waals surface area contributed by atoms with Crippen LogP contribution in [0.2, 0.25) is 5.02 Å². The molecular weight excluding hydrogens is 296 g/mol. The van der Waals surface area contributed by atoms with E-state index in [0.717, 1.165) is 23.4 Å². The molecule has 82 valence electrons. The van der Waals surface area contributed by atoms with Crippen LogP contribution in [0.15, 0.2) is 16.7 Å². The van der Waals surface area contributed by atoms with Crippen molar-refractivity contribution in [3.63, 3.8) is 0 Å². The van der Waals surface area contributed by atoms with E-state index in [-0.39, 0.29) is 0 Å². The lowest BCUT2D eigenvalue weighted by Crippen LogP contribution is -2.26. The standard InChI is InChI=1S/C10H12BrClN2S/c11-9-6-8(12)7-13-10(9)14-2-1-4-15-5-3-14/h6-7H,1-5H2. The van der Waals surface area contributed by atoms with E-state index in [0.29, 0.717) is 5.02 Å². The van der Waals surface area contributed by atoms with Crippen molar-refractivity contribution in [2.24, 2.45) is 0 Å². The smallest absolute Gasteiger partial charge is 0.142 e. The molecule has 1 aromatic rings. The Hall–Kier alpha value is 0.0700. The maximum Gasteiger partial charge on any atom is 0.142 e. The highest BCUT2D eigenvalue weighted by Gasteiger charge is 2.14. The summed E-state index contributed by atoms with van der Waals surface area (Å²) in [5.74, 6) is 3.44. The third-order valence-electron chi connectivity index (χ3n) is 2.31. The number of thioether (sulfide) groups is 1. The van der Waals surface area contributed by atoms with Gasteiger partial charge in [-0.3, -0.25) is 0 Å². The van der Waals surface area contributed by atoms with E-state index in [1.54, 1.807) is 6.20 Å². The lowest BCUT2D eigenvalue weighted by atomic mass is 10.3. The van der Waals surface area contributed by atoms with E-state index < -0.39 is 0 Å². The van der Waals surface area contributed by atoms with Crippen molar-refractivity contribution in [1.82, 2.24) is 4.98 Å². The summed E-state index contributed by atoms with van der Waals surface area (Å²) in [5, 5.41) is 0.676. The Bertz CT molecular complexity index is 340. The first kappa shape index (κ1) is 11.6. The normalized spacial score (nSPS) is 17.6. The van der Waals surface area contributed by atoms with Crippen molar-refractivity contribution in [1.29, 1.82) is 0 Å². The molecule has 0 amide bonds. The van der Waals surface area contributed by atoms with Gasteiger partial charge in [0.1, 0.15) is 5.82 Å². The van der Waals surface area contributed by atoms with E-state index in [1.165, 1.54) is 17.9 Å². The average Bonchev–Trinajstić information content (AvgIpc) is 2.46. The first-order chi connectivity index (χ1) is 7.27. The van der Waals surface area contributed by atoms with E-state index in [1.807, 2.05) is 17.8 Å². The number of hydrogen-bond donors (Lipinski definition) is 0. The van der Waals surface area contributed by atoms with Crippen LogP contribution < -0.4 is 4.90 Å². The minimum Gasteiger partial charge on any atom is -0.355 e. The van der Waals surface area contributed by atoms with E-state index in [9.17, 15) is 0 Å². The van der Waals surface area contributed by atoms with Crippen molar-refractivity contribution < 1.29 is 0 Å². The number of halogens is 2. The monoisotopic (exact) mass is 306 g/mol. The number of aromatic nitrogens is 1. The van der Waals surface area contributed by atoms with Gasteiger partial charge in [0, 0.05) is 25.0 Å². The molecule has 1 saturated heterocycles. The summed E-state index contributed by atoms with van der Waals surface area (Å²) in [7, 11) is 0. The van der Waals surface area contributed by atoms with Gasteiger partial charge in [0.05, 0.1) is 9.50 Å². The quantitative estimate of drug-likeness (QED) is 0.790. The molecule has 0 unspecified atom stereocenters. The average molecular weight is 308 g/mol. The van der Waals surface area contributed by atoms with Gasteiger partial charge >= 0.3 is 0 Å². The molecule has 0 aromatic carbocycles. The zero-order valence-electron chi connectivity index (χ0n) is 8.25. The summed E-state index contributed by atoms with van der Waals surface area (Å²) in [6, 6.07) is 1.90. The summed E-state index contributed by atoms with van der Waals surface area (Å²) in [6.07, 6.45) is 2.93. The Morgan fingerprint density at radius 3 is 3.07 bits per heavy atom. The molecule has 2 heterocycles. The van der Waals surface area contributed by atoms with Gasteiger partial charge in [0.15, 0.2) is 0 Å². The molecule has 1 aliphatic heterocycles. The maximum absolute atomic E-state index is 5.87. The second-order valence-electron chi connectivity index (χ2n) is 3.41. The van der Waals surface area contributed by atoms with Crippen molar-refractivity contribution in [2.45, 2.75) is 6.42 Å². The molecule has 15 heavy (non-hydrogen) atoms. The van der Waals surface area contributed by atoms with E-state index in [4.69, 9.17) is 11.6 Å². The molecule has 0 saturated carbocycles. The lowest BCUT2D eigenvalue weighted by molar-refractivity contribution is 0.799. The van der Waals surface area contributed by atoms with Crippen LogP contribution in [0.5, 0.6) is 0 Å². The fourth-order valence-electron chi connectivity index (χ4n) is 1.60. The third kappa shape index (κ3) is 3.02. The minimum absolute atomic E-state index is 0.676. The Morgan fingerprint density at radius 2 is 2.27 bits per heavy atom. The second kappa shape index (κ2) is 5.41. The Labute approximate surface area is 108 Å². The number of rotatable bonds is 1. The Morgan fingerprint density at radius 1 is 1.40 bits per heavy atom. The van der Waals surface area contributed by atoms with E-state index in [2.05, 4.69) is 25.8 Å². The zero-order valence-corrected chi connectivity index (χ0v) is 11.4. The van der Waals surface area contributed by atoms with Crippen LogP contribution in [0.25, 0.3) is 0 Å². The molecule has 2 rings (SSSR count). The summed E-state index contributed by atoms with van der Waals surface area (Å²) in [6.45, 7) is 2.15. The first-order valence-corrected chi connectivity index (χ1v) is 7.23. The maximum atomic E-state index is 5.87. The van der Waals surface area contributed by atoms with Crippen LogP contribution in [-0.2, 0) is 0 Å². The molecule has 0 N–H and O–H groups in total. The van der Waals surface area contributed by atoms with E-state index >= 15 is 0 Å². The summed E-state index contributed by atoms with van der Waals surface area (Å²) in [4.78, 5) is 6.70. The largest absolute Gasteiger partial charge is 0.355 e. The predicted molar refractivity (Wildman–Crippen MR) is 71.1 cm³/mol. The van der Waals surface area contributed by atoms with Crippen LogP contribution in [0, 0.1) is 0 Å². The molecule has 1 aromatic heterocycles. The molecular formula is C10H12BrClN2S. The Kier molecular flexibility index (Phi) is 4.17. The summed E-state index contributed by atoms with van der Waals surface area (Å²) in [5.41, 5.74) is 0. The minimum atomic E-state index is 0.676. The van der Waals surface area contributed by atoms with Gasteiger partial charge in [-0.25, -0.2) is 4.98 Å². The van der Waals surface area contributed by atoms with Gasteiger partial charge in [-0.2, -0.15) is 11.8 Å². The van der Waals surface area contributed by atoms with Crippen LogP contribution in [0.3, 0.4) is 0 Å². The molecule has 1 fully saturated rings. The number of anilines is 1. The molecule has 5 heteroatoms.